The van der Waals surface area contributed by atoms with Crippen molar-refractivity contribution < 1.29 is 19.1 Å². The first-order valence-corrected chi connectivity index (χ1v) is 7.54. The van der Waals surface area contributed by atoms with Crippen LogP contribution >= 0.6 is 0 Å². The molecule has 1 amide bonds. The average Bonchev–Trinajstić information content (AvgIpc) is 2.46. The summed E-state index contributed by atoms with van der Waals surface area (Å²) in [5.41, 5.74) is 1.66. The standard InChI is InChI=1S/C17H25NO4/c1-12(2)9-10-21-14(4)17(20)22-11-16(19)18-15-8-6-5-7-13(15)3/h5-8,12,14H,9-11H2,1-4H3,(H,18,19). The fourth-order valence-electron chi connectivity index (χ4n) is 1.70. The highest BCUT2D eigenvalue weighted by atomic mass is 16.6. The first kappa shape index (κ1) is 18.2. The van der Waals surface area contributed by atoms with Gasteiger partial charge in [0.2, 0.25) is 0 Å². The van der Waals surface area contributed by atoms with Crippen LogP contribution in [0.25, 0.3) is 0 Å². The molecule has 0 aromatic heterocycles. The van der Waals surface area contributed by atoms with Gasteiger partial charge in [-0.2, -0.15) is 0 Å². The summed E-state index contributed by atoms with van der Waals surface area (Å²) < 4.78 is 10.3. The summed E-state index contributed by atoms with van der Waals surface area (Å²) in [6.07, 6.45) is 0.218. The Labute approximate surface area is 132 Å². The minimum absolute atomic E-state index is 0.314. The number of aryl methyl sites for hydroxylation is 1. The van der Waals surface area contributed by atoms with E-state index in [1.807, 2.05) is 25.1 Å². The van der Waals surface area contributed by atoms with Crippen LogP contribution in [0.2, 0.25) is 0 Å². The molecule has 5 heteroatoms. The summed E-state index contributed by atoms with van der Waals surface area (Å²) in [4.78, 5) is 23.5. The van der Waals surface area contributed by atoms with Crippen LogP contribution in [0.15, 0.2) is 24.3 Å². The molecule has 1 rings (SSSR count). The highest BCUT2D eigenvalue weighted by Gasteiger charge is 2.16. The van der Waals surface area contributed by atoms with E-state index in [4.69, 9.17) is 9.47 Å². The zero-order valence-corrected chi connectivity index (χ0v) is 13.7. The maximum atomic E-state index is 11.8. The van der Waals surface area contributed by atoms with Gasteiger partial charge in [-0.05, 0) is 37.8 Å². The number of anilines is 1. The monoisotopic (exact) mass is 307 g/mol. The Hall–Kier alpha value is -1.88. The van der Waals surface area contributed by atoms with E-state index in [-0.39, 0.29) is 12.5 Å². The molecule has 0 spiro atoms. The number of rotatable bonds is 8. The fourth-order valence-corrected chi connectivity index (χ4v) is 1.70. The van der Waals surface area contributed by atoms with Crippen LogP contribution in [0, 0.1) is 12.8 Å². The SMILES string of the molecule is Cc1ccccc1NC(=O)COC(=O)C(C)OCCC(C)C. The number of para-hydroxylation sites is 1. The first-order valence-electron chi connectivity index (χ1n) is 7.54. The molecule has 0 heterocycles. The molecule has 122 valence electrons. The van der Waals surface area contributed by atoms with Crippen molar-refractivity contribution in [1.29, 1.82) is 0 Å². The molecular formula is C17H25NO4. The van der Waals surface area contributed by atoms with Gasteiger partial charge in [0.25, 0.3) is 5.91 Å². The molecule has 0 aliphatic carbocycles. The van der Waals surface area contributed by atoms with Crippen molar-refractivity contribution in [2.45, 2.75) is 40.2 Å². The molecule has 0 aliphatic rings. The van der Waals surface area contributed by atoms with Crippen molar-refractivity contribution in [2.75, 3.05) is 18.5 Å². The van der Waals surface area contributed by atoms with Gasteiger partial charge >= 0.3 is 5.97 Å². The lowest BCUT2D eigenvalue weighted by atomic mass is 10.1. The molecule has 1 unspecified atom stereocenters. The van der Waals surface area contributed by atoms with Gasteiger partial charge in [-0.15, -0.1) is 0 Å². The predicted molar refractivity (Wildman–Crippen MR) is 85.6 cm³/mol. The largest absolute Gasteiger partial charge is 0.454 e. The first-order chi connectivity index (χ1) is 10.4. The van der Waals surface area contributed by atoms with Gasteiger partial charge in [-0.25, -0.2) is 4.79 Å². The van der Waals surface area contributed by atoms with Crippen LogP contribution in [0.5, 0.6) is 0 Å². The second-order valence-electron chi connectivity index (χ2n) is 5.67. The Kier molecular flexibility index (Phi) is 7.60. The number of carbonyl (C=O) groups is 2. The van der Waals surface area contributed by atoms with Gasteiger partial charge < -0.3 is 14.8 Å². The minimum atomic E-state index is -0.662. The molecule has 0 radical (unpaired) electrons. The Morgan fingerprint density at radius 3 is 2.50 bits per heavy atom. The number of hydrogen-bond donors (Lipinski definition) is 1. The van der Waals surface area contributed by atoms with Gasteiger partial charge in [0.05, 0.1) is 0 Å². The maximum Gasteiger partial charge on any atom is 0.335 e. The Morgan fingerprint density at radius 1 is 1.18 bits per heavy atom. The van der Waals surface area contributed by atoms with Gasteiger partial charge in [-0.1, -0.05) is 32.0 Å². The van der Waals surface area contributed by atoms with Crippen LogP contribution in [0.1, 0.15) is 32.8 Å². The van der Waals surface area contributed by atoms with Crippen molar-refractivity contribution in [3.8, 4) is 0 Å². The zero-order valence-electron chi connectivity index (χ0n) is 13.7. The molecule has 1 aromatic rings. The molecule has 22 heavy (non-hydrogen) atoms. The van der Waals surface area contributed by atoms with E-state index in [1.54, 1.807) is 13.0 Å². The van der Waals surface area contributed by atoms with E-state index in [0.29, 0.717) is 18.2 Å². The van der Waals surface area contributed by atoms with E-state index < -0.39 is 12.1 Å². The van der Waals surface area contributed by atoms with Crippen LogP contribution in [0.3, 0.4) is 0 Å². The summed E-state index contributed by atoms with van der Waals surface area (Å²) in [5, 5.41) is 2.71. The molecular weight excluding hydrogens is 282 g/mol. The quantitative estimate of drug-likeness (QED) is 0.750. The van der Waals surface area contributed by atoms with Crippen LogP contribution in [0.4, 0.5) is 5.69 Å². The van der Waals surface area contributed by atoms with Gasteiger partial charge in [0, 0.05) is 12.3 Å². The highest BCUT2D eigenvalue weighted by Crippen LogP contribution is 2.12. The summed E-state index contributed by atoms with van der Waals surface area (Å²) >= 11 is 0. The number of hydrogen-bond acceptors (Lipinski definition) is 4. The van der Waals surface area contributed by atoms with E-state index in [1.165, 1.54) is 0 Å². The zero-order chi connectivity index (χ0) is 16.5. The topological polar surface area (TPSA) is 64.6 Å². The van der Waals surface area contributed by atoms with Crippen LogP contribution in [-0.2, 0) is 19.1 Å². The molecule has 0 fully saturated rings. The van der Waals surface area contributed by atoms with Gasteiger partial charge in [0.1, 0.15) is 0 Å². The fraction of sp³-hybridized carbons (Fsp3) is 0.529. The van der Waals surface area contributed by atoms with Gasteiger partial charge in [-0.3, -0.25) is 4.79 Å². The summed E-state index contributed by atoms with van der Waals surface area (Å²) in [6.45, 7) is 7.88. The van der Waals surface area contributed by atoms with Crippen LogP contribution in [-0.4, -0.2) is 31.2 Å². The lowest BCUT2D eigenvalue weighted by Crippen LogP contribution is -2.28. The van der Waals surface area contributed by atoms with E-state index in [0.717, 1.165) is 12.0 Å². The Balaban J connectivity index is 2.31. The summed E-state index contributed by atoms with van der Waals surface area (Å²) in [5.74, 6) is -0.371. The molecule has 0 saturated heterocycles. The molecule has 5 nitrogen and oxygen atoms in total. The molecule has 0 saturated carbocycles. The molecule has 1 N–H and O–H groups in total. The summed E-state index contributed by atoms with van der Waals surface area (Å²) in [6, 6.07) is 7.42. The minimum Gasteiger partial charge on any atom is -0.454 e. The third-order valence-corrected chi connectivity index (χ3v) is 3.16. The van der Waals surface area contributed by atoms with Gasteiger partial charge in [0.15, 0.2) is 12.7 Å². The number of esters is 1. The lowest BCUT2D eigenvalue weighted by molar-refractivity contribution is -0.158. The van der Waals surface area contributed by atoms with E-state index >= 15 is 0 Å². The lowest BCUT2D eigenvalue weighted by Gasteiger charge is -2.14. The Morgan fingerprint density at radius 2 is 1.86 bits per heavy atom. The molecule has 0 aliphatic heterocycles. The van der Waals surface area contributed by atoms with Crippen LogP contribution < -0.4 is 5.32 Å². The van der Waals surface area contributed by atoms with Crippen molar-refractivity contribution in [3.63, 3.8) is 0 Å². The number of nitrogens with one attached hydrogen (secondary N) is 1. The number of ether oxygens (including phenoxy) is 2. The van der Waals surface area contributed by atoms with E-state index in [9.17, 15) is 9.59 Å². The van der Waals surface area contributed by atoms with E-state index in [2.05, 4.69) is 19.2 Å². The smallest absolute Gasteiger partial charge is 0.335 e. The second-order valence-corrected chi connectivity index (χ2v) is 5.67. The third-order valence-electron chi connectivity index (χ3n) is 3.16. The average molecular weight is 307 g/mol. The second kappa shape index (κ2) is 9.20. The maximum absolute atomic E-state index is 11.8. The van der Waals surface area contributed by atoms with Crippen molar-refractivity contribution in [3.05, 3.63) is 29.8 Å². The summed E-state index contributed by atoms with van der Waals surface area (Å²) in [7, 11) is 0. The number of amides is 1. The molecule has 0 bridgehead atoms. The number of carbonyl (C=O) groups excluding carboxylic acids is 2. The van der Waals surface area contributed by atoms with Crippen molar-refractivity contribution >= 4 is 17.6 Å². The molecule has 1 atom stereocenters. The Bertz CT molecular complexity index is 499. The normalized spacial score (nSPS) is 12.0. The third kappa shape index (κ3) is 6.72. The van der Waals surface area contributed by atoms with Crippen molar-refractivity contribution in [1.82, 2.24) is 0 Å². The highest BCUT2D eigenvalue weighted by molar-refractivity contribution is 5.93. The van der Waals surface area contributed by atoms with Crippen molar-refractivity contribution in [2.24, 2.45) is 5.92 Å². The molecule has 1 aromatic carbocycles. The number of benzene rings is 1. The predicted octanol–water partition coefficient (Wildman–Crippen LogP) is 2.93.